The van der Waals surface area contributed by atoms with Gasteiger partial charge in [-0.3, -0.25) is 0 Å². The van der Waals surface area contributed by atoms with Gasteiger partial charge in [0.05, 0.1) is 8.07 Å². The number of unbranched alkanes of at least 4 members (excludes halogenated alkanes) is 9. The van der Waals surface area contributed by atoms with Gasteiger partial charge in [-0.2, -0.15) is 0 Å². The van der Waals surface area contributed by atoms with E-state index in [1.165, 1.54) is 95.2 Å². The van der Waals surface area contributed by atoms with Crippen molar-refractivity contribution in [2.24, 2.45) is 0 Å². The Morgan fingerprint density at radius 1 is 0.571 bits per heavy atom. The minimum Gasteiger partial charge on any atom is -0.107 e. The van der Waals surface area contributed by atoms with E-state index in [1.807, 2.05) is 0 Å². The van der Waals surface area contributed by atoms with Gasteiger partial charge in [0.25, 0.3) is 0 Å². The highest BCUT2D eigenvalue weighted by molar-refractivity contribution is 6.84. The van der Waals surface area contributed by atoms with Gasteiger partial charge in [-0.15, -0.1) is 12.3 Å². The predicted molar refractivity (Wildman–Crippen MR) is 103 cm³/mol. The predicted octanol–water partition coefficient (Wildman–Crippen LogP) is 7.90. The van der Waals surface area contributed by atoms with Crippen molar-refractivity contribution in [3.63, 3.8) is 0 Å². The summed E-state index contributed by atoms with van der Waals surface area (Å²) in [6, 6.07) is 4.57. The summed E-state index contributed by atoms with van der Waals surface area (Å²) in [5.41, 5.74) is 2.47. The zero-order chi connectivity index (χ0) is 15.8. The maximum atomic E-state index is 4.29. The van der Waals surface area contributed by atoms with E-state index in [0.29, 0.717) is 0 Å². The van der Waals surface area contributed by atoms with E-state index in [9.17, 15) is 0 Å². The molecule has 1 heteroatoms. The topological polar surface area (TPSA) is 0 Å². The van der Waals surface area contributed by atoms with Crippen LogP contribution in [-0.2, 0) is 0 Å². The van der Waals surface area contributed by atoms with Crippen LogP contribution in [0.1, 0.15) is 97.8 Å². The first-order valence-corrected chi connectivity index (χ1v) is 12.6. The highest BCUT2D eigenvalue weighted by Gasteiger charge is 2.27. The summed E-state index contributed by atoms with van der Waals surface area (Å²) in [5, 5.41) is 0. The molecule has 0 nitrogen and oxygen atoms in total. The third-order valence-electron chi connectivity index (χ3n) is 5.02. The van der Waals surface area contributed by atoms with Gasteiger partial charge in [-0.1, -0.05) is 116 Å². The van der Waals surface area contributed by atoms with Gasteiger partial charge in [-0.25, -0.2) is 0 Å². The highest BCUT2D eigenvalue weighted by Crippen LogP contribution is 2.30. The standard InChI is InChI=1S/C20H42Si/c1-5-9-12-15-18-21(8-4,19-16-13-10-6-2)20-17-14-11-7-3/h8H,4-7,9-20H2,1-3H3. The van der Waals surface area contributed by atoms with Crippen LogP contribution >= 0.6 is 0 Å². The molecular formula is C20H42Si. The van der Waals surface area contributed by atoms with Gasteiger partial charge >= 0.3 is 0 Å². The van der Waals surface area contributed by atoms with Crippen LogP contribution < -0.4 is 0 Å². The number of rotatable bonds is 16. The molecule has 0 aromatic carbocycles. The normalized spacial score (nSPS) is 11.8. The Labute approximate surface area is 136 Å². The second kappa shape index (κ2) is 14.9. The van der Waals surface area contributed by atoms with E-state index in [1.54, 1.807) is 0 Å². The lowest BCUT2D eigenvalue weighted by molar-refractivity contribution is 0.667. The van der Waals surface area contributed by atoms with Gasteiger partial charge < -0.3 is 0 Å². The molecule has 0 atom stereocenters. The van der Waals surface area contributed by atoms with Crippen LogP contribution in [0.15, 0.2) is 12.3 Å². The summed E-state index contributed by atoms with van der Waals surface area (Å²) in [7, 11) is -1.16. The van der Waals surface area contributed by atoms with Gasteiger partial charge in [0.15, 0.2) is 0 Å². The number of hydrogen-bond acceptors (Lipinski definition) is 0. The monoisotopic (exact) mass is 310 g/mol. The van der Waals surface area contributed by atoms with Crippen LogP contribution in [0.5, 0.6) is 0 Å². The Balaban J connectivity index is 4.26. The Kier molecular flexibility index (Phi) is 14.8. The summed E-state index contributed by atoms with van der Waals surface area (Å²) < 4.78 is 0. The quantitative estimate of drug-likeness (QED) is 0.201. The lowest BCUT2D eigenvalue weighted by atomic mass is 10.2. The van der Waals surface area contributed by atoms with Crippen molar-refractivity contribution in [1.82, 2.24) is 0 Å². The Hall–Kier alpha value is -0.0431. The van der Waals surface area contributed by atoms with E-state index < -0.39 is 8.07 Å². The number of hydrogen-bond donors (Lipinski definition) is 0. The zero-order valence-electron chi connectivity index (χ0n) is 15.4. The minimum atomic E-state index is -1.16. The minimum absolute atomic E-state index is 1.16. The zero-order valence-corrected chi connectivity index (χ0v) is 16.4. The molecule has 0 N–H and O–H groups in total. The van der Waals surface area contributed by atoms with Gasteiger partial charge in [0, 0.05) is 0 Å². The highest BCUT2D eigenvalue weighted by atomic mass is 28.3. The summed E-state index contributed by atoms with van der Waals surface area (Å²) in [6.07, 6.45) is 17.1. The maximum Gasteiger partial charge on any atom is 0.0770 e. The van der Waals surface area contributed by atoms with Crippen LogP contribution in [0.4, 0.5) is 0 Å². The fraction of sp³-hybridized carbons (Fsp3) is 0.900. The third-order valence-corrected chi connectivity index (χ3v) is 9.93. The van der Waals surface area contributed by atoms with E-state index in [4.69, 9.17) is 0 Å². The van der Waals surface area contributed by atoms with Crippen molar-refractivity contribution in [3.8, 4) is 0 Å². The molecule has 0 aromatic rings. The molecule has 0 bridgehead atoms. The molecule has 0 aliphatic rings. The lowest BCUT2D eigenvalue weighted by Crippen LogP contribution is -2.31. The fourth-order valence-electron chi connectivity index (χ4n) is 3.39. The smallest absolute Gasteiger partial charge is 0.0770 e. The molecule has 126 valence electrons. The Bertz CT molecular complexity index is 191. The van der Waals surface area contributed by atoms with Crippen molar-refractivity contribution in [2.75, 3.05) is 0 Å². The van der Waals surface area contributed by atoms with Crippen LogP contribution in [0, 0.1) is 0 Å². The second-order valence-corrected chi connectivity index (χ2v) is 11.6. The first kappa shape index (κ1) is 21.0. The van der Waals surface area contributed by atoms with Crippen molar-refractivity contribution in [3.05, 3.63) is 12.3 Å². The average molecular weight is 311 g/mol. The molecule has 0 aliphatic heterocycles. The first-order chi connectivity index (χ1) is 10.2. The largest absolute Gasteiger partial charge is 0.107 e. The van der Waals surface area contributed by atoms with E-state index in [0.717, 1.165) is 0 Å². The molecule has 0 amide bonds. The molecule has 0 radical (unpaired) electrons. The fourth-order valence-corrected chi connectivity index (χ4v) is 7.62. The Morgan fingerprint density at radius 2 is 0.905 bits per heavy atom. The van der Waals surface area contributed by atoms with Crippen LogP contribution in [0.25, 0.3) is 0 Å². The summed E-state index contributed by atoms with van der Waals surface area (Å²) in [5.74, 6) is 0. The molecule has 0 fully saturated rings. The van der Waals surface area contributed by atoms with Crippen molar-refractivity contribution < 1.29 is 0 Å². The molecule has 0 spiro atoms. The summed E-state index contributed by atoms with van der Waals surface area (Å²) in [4.78, 5) is 0. The van der Waals surface area contributed by atoms with Crippen molar-refractivity contribution in [1.29, 1.82) is 0 Å². The summed E-state index contributed by atoms with van der Waals surface area (Å²) in [6.45, 7) is 11.2. The SMILES string of the molecule is C=C[Si](CCCCCC)(CCCCCC)CCCCCC. The van der Waals surface area contributed by atoms with Gasteiger partial charge in [0.1, 0.15) is 0 Å². The van der Waals surface area contributed by atoms with Crippen molar-refractivity contribution in [2.45, 2.75) is 116 Å². The molecule has 0 unspecified atom stereocenters. The van der Waals surface area contributed by atoms with Crippen molar-refractivity contribution >= 4 is 8.07 Å². The van der Waals surface area contributed by atoms with Gasteiger partial charge in [0.2, 0.25) is 0 Å². The van der Waals surface area contributed by atoms with Gasteiger partial charge in [-0.05, 0) is 0 Å². The lowest BCUT2D eigenvalue weighted by Gasteiger charge is -2.29. The molecule has 0 heterocycles. The molecule has 0 saturated heterocycles. The molecule has 0 aliphatic carbocycles. The van der Waals surface area contributed by atoms with E-state index in [2.05, 4.69) is 33.0 Å². The third kappa shape index (κ3) is 11.2. The van der Waals surface area contributed by atoms with Crippen LogP contribution in [-0.4, -0.2) is 8.07 Å². The van der Waals surface area contributed by atoms with Crippen LogP contribution in [0.2, 0.25) is 18.1 Å². The molecule has 0 saturated carbocycles. The van der Waals surface area contributed by atoms with Crippen LogP contribution in [0.3, 0.4) is 0 Å². The average Bonchev–Trinajstić information content (AvgIpc) is 2.51. The maximum absolute atomic E-state index is 4.29. The molecule has 21 heavy (non-hydrogen) atoms. The molecule has 0 aromatic heterocycles. The first-order valence-electron chi connectivity index (χ1n) is 9.88. The summed E-state index contributed by atoms with van der Waals surface area (Å²) >= 11 is 0. The van der Waals surface area contributed by atoms with E-state index >= 15 is 0 Å². The van der Waals surface area contributed by atoms with E-state index in [-0.39, 0.29) is 0 Å². The molecule has 0 rings (SSSR count). The Morgan fingerprint density at radius 3 is 1.14 bits per heavy atom. The molecular weight excluding hydrogens is 268 g/mol. The second-order valence-electron chi connectivity index (χ2n) is 7.00.